The van der Waals surface area contributed by atoms with E-state index in [0.29, 0.717) is 28.5 Å². The van der Waals surface area contributed by atoms with E-state index in [1.54, 1.807) is 23.0 Å². The molecule has 1 N–H and O–H groups in total. The van der Waals surface area contributed by atoms with E-state index in [9.17, 15) is 22.4 Å². The highest BCUT2D eigenvalue weighted by molar-refractivity contribution is 7.04. The fourth-order valence-corrected chi connectivity index (χ4v) is 10.8. The smallest absolute Gasteiger partial charge is 0.382 e. The van der Waals surface area contributed by atoms with E-state index < -0.39 is 37.6 Å². The van der Waals surface area contributed by atoms with E-state index >= 15 is 0 Å². The molecule has 0 aliphatic heterocycles. The lowest BCUT2D eigenvalue weighted by Gasteiger charge is -2.44. The average molecular weight is 661 g/mol. The van der Waals surface area contributed by atoms with Gasteiger partial charge in [0.25, 0.3) is 5.91 Å². The van der Waals surface area contributed by atoms with Crippen LogP contribution in [0.5, 0.6) is 0 Å². The van der Waals surface area contributed by atoms with E-state index in [1.165, 1.54) is 22.5 Å². The Hall–Kier alpha value is -4.61. The van der Waals surface area contributed by atoms with Crippen LogP contribution in [0.25, 0.3) is 22.3 Å². The van der Waals surface area contributed by atoms with Gasteiger partial charge in [-0.05, 0) is 29.3 Å². The van der Waals surface area contributed by atoms with Gasteiger partial charge in [-0.3, -0.25) is 4.79 Å². The molecule has 2 aromatic heterocycles. The Labute approximate surface area is 272 Å². The number of hydrogen-bond acceptors (Lipinski definition) is 4. The third-order valence-corrected chi connectivity index (χ3v) is 14.3. The van der Waals surface area contributed by atoms with Crippen LogP contribution >= 0.6 is 0 Å². The molecule has 0 saturated heterocycles. The van der Waals surface area contributed by atoms with E-state index in [4.69, 9.17) is 9.84 Å². The minimum atomic E-state index is -4.48. The Bertz CT molecular complexity index is 1800. The fraction of sp³-hybridized carbons (Fsp3) is 0.250. The van der Waals surface area contributed by atoms with Crippen LogP contribution in [0.4, 0.5) is 17.6 Å². The molecule has 6 nitrogen and oxygen atoms in total. The molecule has 0 aliphatic carbocycles. The first-order chi connectivity index (χ1) is 22.3. The second-order valence-corrected chi connectivity index (χ2v) is 17.2. The quantitative estimate of drug-likeness (QED) is 0.0954. The third-order valence-electron chi connectivity index (χ3n) is 8.49. The molecule has 244 valence electrons. The number of hydrogen-bond donors (Lipinski definition) is 1. The monoisotopic (exact) mass is 660 g/mol. The lowest BCUT2D eigenvalue weighted by molar-refractivity contribution is -0.137. The maximum Gasteiger partial charge on any atom is 0.416 e. The molecule has 0 aliphatic rings. The molecule has 1 amide bonds. The fourth-order valence-electron chi connectivity index (χ4n) is 5.99. The molecule has 0 fully saturated rings. The van der Waals surface area contributed by atoms with Gasteiger partial charge in [-0.25, -0.2) is 14.1 Å². The van der Waals surface area contributed by atoms with Gasteiger partial charge in [-0.1, -0.05) is 111 Å². The SMILES string of the molecule is C=C(F)C(=O)NCC(COC[Si](c1ccccc1)(c1ccccc1)C(C)(C)C)n1nc(-c2ccc(C(F)(F)F)cc2)c2cccnc21. The topological polar surface area (TPSA) is 69.0 Å². The number of halogens is 4. The van der Waals surface area contributed by atoms with Gasteiger partial charge in [0.15, 0.2) is 11.5 Å². The number of carbonyl (C=O) groups is 1. The van der Waals surface area contributed by atoms with Crippen molar-refractivity contribution < 1.29 is 27.1 Å². The molecule has 0 spiro atoms. The average Bonchev–Trinajstić information content (AvgIpc) is 3.44. The van der Waals surface area contributed by atoms with Crippen molar-refractivity contribution >= 4 is 35.4 Å². The normalized spacial score (nSPS) is 13.0. The first-order valence-corrected chi connectivity index (χ1v) is 17.4. The van der Waals surface area contributed by atoms with Crippen molar-refractivity contribution in [1.82, 2.24) is 20.1 Å². The van der Waals surface area contributed by atoms with Crippen molar-refractivity contribution in [2.45, 2.75) is 38.0 Å². The summed E-state index contributed by atoms with van der Waals surface area (Å²) in [5.74, 6) is -2.10. The van der Waals surface area contributed by atoms with Crippen LogP contribution in [-0.2, 0) is 15.7 Å². The molecule has 5 aromatic rings. The van der Waals surface area contributed by atoms with Crippen LogP contribution in [0.1, 0.15) is 32.4 Å². The number of nitrogens with zero attached hydrogens (tertiary/aromatic N) is 3. The summed E-state index contributed by atoms with van der Waals surface area (Å²) in [6.45, 7) is 9.75. The van der Waals surface area contributed by atoms with Crippen LogP contribution < -0.4 is 15.7 Å². The molecular weight excluding hydrogens is 625 g/mol. The molecule has 11 heteroatoms. The summed E-state index contributed by atoms with van der Waals surface area (Å²) < 4.78 is 61.8. The van der Waals surface area contributed by atoms with Gasteiger partial charge in [-0.15, -0.1) is 0 Å². The van der Waals surface area contributed by atoms with Gasteiger partial charge in [0.2, 0.25) is 0 Å². The summed E-state index contributed by atoms with van der Waals surface area (Å²) in [7, 11) is -2.62. The highest BCUT2D eigenvalue weighted by Crippen LogP contribution is 2.37. The third kappa shape index (κ3) is 7.06. The summed E-state index contributed by atoms with van der Waals surface area (Å²) in [4.78, 5) is 16.8. The van der Waals surface area contributed by atoms with E-state index in [-0.39, 0.29) is 18.2 Å². The van der Waals surface area contributed by atoms with Crippen molar-refractivity contribution in [3.05, 3.63) is 121 Å². The zero-order chi connectivity index (χ0) is 33.8. The molecule has 0 bridgehead atoms. The van der Waals surface area contributed by atoms with E-state index in [1.807, 2.05) is 36.4 Å². The number of benzene rings is 3. The number of nitrogens with one attached hydrogen (secondary N) is 1. The Morgan fingerprint density at radius 1 is 0.915 bits per heavy atom. The number of ether oxygens (including phenoxy) is 1. The minimum Gasteiger partial charge on any atom is -0.382 e. The van der Waals surface area contributed by atoms with Crippen molar-refractivity contribution in [2.24, 2.45) is 0 Å². The van der Waals surface area contributed by atoms with Crippen molar-refractivity contribution in [3.63, 3.8) is 0 Å². The second-order valence-electron chi connectivity index (χ2n) is 12.4. The lowest BCUT2D eigenvalue weighted by Crippen LogP contribution is -2.67. The molecule has 1 unspecified atom stereocenters. The number of carbonyl (C=O) groups excluding carboxylic acids is 1. The standard InChI is InChI=1S/C36H36F4N4O2Si/c1-25(37)34(45)42-22-28(23-46-24-47(35(2,3)4,29-12-7-5-8-13-29)30-14-9-6-10-15-30)44-33-31(16-11-21-41-33)32(43-44)26-17-19-27(20-18-26)36(38,39)40/h5-21,28H,1,22-24H2,2-4H3,(H,42,45). The molecule has 0 saturated carbocycles. The highest BCUT2D eigenvalue weighted by atomic mass is 28.3. The molecule has 1 atom stereocenters. The molecule has 47 heavy (non-hydrogen) atoms. The Morgan fingerprint density at radius 2 is 1.51 bits per heavy atom. The molecular formula is C36H36F4N4O2Si. The Balaban J connectivity index is 1.54. The van der Waals surface area contributed by atoms with Gasteiger partial charge >= 0.3 is 6.18 Å². The van der Waals surface area contributed by atoms with Gasteiger partial charge < -0.3 is 10.1 Å². The summed E-state index contributed by atoms with van der Waals surface area (Å²) >= 11 is 0. The van der Waals surface area contributed by atoms with Crippen LogP contribution in [0.15, 0.2) is 116 Å². The zero-order valence-electron chi connectivity index (χ0n) is 26.4. The second kappa shape index (κ2) is 13.6. The van der Waals surface area contributed by atoms with Crippen LogP contribution in [-0.4, -0.2) is 48.1 Å². The maximum atomic E-state index is 13.7. The number of amides is 1. The van der Waals surface area contributed by atoms with Crippen LogP contribution in [0.2, 0.25) is 5.04 Å². The summed E-state index contributed by atoms with van der Waals surface area (Å²) in [5.41, 5.74) is 0.546. The van der Waals surface area contributed by atoms with E-state index in [2.05, 4.69) is 61.9 Å². The highest BCUT2D eigenvalue weighted by Gasteiger charge is 2.48. The number of pyridine rings is 1. The Morgan fingerprint density at radius 3 is 2.04 bits per heavy atom. The first-order valence-electron chi connectivity index (χ1n) is 15.1. The predicted octanol–water partition coefficient (Wildman–Crippen LogP) is 6.88. The van der Waals surface area contributed by atoms with Gasteiger partial charge in [0.05, 0.1) is 18.2 Å². The van der Waals surface area contributed by atoms with Crippen molar-refractivity contribution in [1.29, 1.82) is 0 Å². The summed E-state index contributed by atoms with van der Waals surface area (Å²) in [6.07, 6.45) is -2.50. The number of alkyl halides is 3. The summed E-state index contributed by atoms with van der Waals surface area (Å²) in [5, 5.41) is 10.2. The number of fused-ring (bicyclic) bond motifs is 1. The van der Waals surface area contributed by atoms with Gasteiger partial charge in [0, 0.05) is 29.9 Å². The van der Waals surface area contributed by atoms with Gasteiger partial charge in [-0.2, -0.15) is 18.3 Å². The van der Waals surface area contributed by atoms with E-state index in [0.717, 1.165) is 12.1 Å². The Kier molecular flexibility index (Phi) is 9.78. The number of aromatic nitrogens is 3. The molecule has 0 radical (unpaired) electrons. The van der Waals surface area contributed by atoms with Crippen LogP contribution in [0.3, 0.4) is 0 Å². The van der Waals surface area contributed by atoms with Crippen molar-refractivity contribution in [3.8, 4) is 11.3 Å². The predicted molar refractivity (Wildman–Crippen MR) is 179 cm³/mol. The van der Waals surface area contributed by atoms with Gasteiger partial charge in [0.1, 0.15) is 13.8 Å². The minimum absolute atomic E-state index is 0.0671. The first kappa shape index (κ1) is 33.7. The zero-order valence-corrected chi connectivity index (χ0v) is 27.4. The lowest BCUT2D eigenvalue weighted by atomic mass is 10.1. The maximum absolute atomic E-state index is 13.7. The molecule has 2 heterocycles. The van der Waals surface area contributed by atoms with Crippen LogP contribution in [0, 0.1) is 0 Å². The summed E-state index contributed by atoms with van der Waals surface area (Å²) in [6, 6.07) is 28.2. The largest absolute Gasteiger partial charge is 0.416 e. The molecule has 3 aromatic carbocycles. The number of rotatable bonds is 11. The molecule has 5 rings (SSSR count). The van der Waals surface area contributed by atoms with Crippen molar-refractivity contribution in [2.75, 3.05) is 19.4 Å².